The zero-order valence-corrected chi connectivity index (χ0v) is 16.5. The Balaban J connectivity index is 1.76. The van der Waals surface area contributed by atoms with Crippen LogP contribution in [0, 0.1) is 0 Å². The summed E-state index contributed by atoms with van der Waals surface area (Å²) in [5.41, 5.74) is 1.45. The molecule has 1 aromatic heterocycles. The molecule has 7 heteroatoms. The van der Waals surface area contributed by atoms with E-state index in [2.05, 4.69) is 4.98 Å². The molecule has 0 atom stereocenters. The van der Waals surface area contributed by atoms with Gasteiger partial charge in [0.2, 0.25) is 5.88 Å². The van der Waals surface area contributed by atoms with Crippen LogP contribution in [0.25, 0.3) is 0 Å². The molecule has 0 saturated carbocycles. The van der Waals surface area contributed by atoms with Crippen molar-refractivity contribution in [3.05, 3.63) is 70.0 Å². The zero-order valence-electron chi connectivity index (χ0n) is 15.7. The second kappa shape index (κ2) is 7.98. The molecule has 2 aromatic carbocycles. The van der Waals surface area contributed by atoms with Gasteiger partial charge in [-0.3, -0.25) is 9.36 Å². The fourth-order valence-corrected chi connectivity index (χ4v) is 4.02. The molecule has 0 radical (unpaired) electrons. The number of fused-ring (bicyclic) bond motifs is 1. The molecule has 0 unspecified atom stereocenters. The average Bonchev–Trinajstić information content (AvgIpc) is 3.20. The number of para-hydroxylation sites is 2. The summed E-state index contributed by atoms with van der Waals surface area (Å²) in [5.74, 6) is 3.05. The lowest BCUT2D eigenvalue weighted by Gasteiger charge is -2.14. The Bertz CT molecular complexity index is 1050. The van der Waals surface area contributed by atoms with Crippen molar-refractivity contribution in [1.82, 2.24) is 9.55 Å². The quantitative estimate of drug-likeness (QED) is 0.592. The first-order valence-corrected chi connectivity index (χ1v) is 9.88. The SMILES string of the molecule is COc1ccc(Cc2c(Oc3ccccc3OC)nc3n(c2=O)CCS3)cc1. The molecule has 6 nitrogen and oxygen atoms in total. The molecule has 0 spiro atoms. The highest BCUT2D eigenvalue weighted by atomic mass is 32.2. The maximum atomic E-state index is 13.1. The molecular weight excluding hydrogens is 376 g/mol. The summed E-state index contributed by atoms with van der Waals surface area (Å²) in [5, 5.41) is 0.688. The van der Waals surface area contributed by atoms with Crippen LogP contribution >= 0.6 is 11.8 Å². The van der Waals surface area contributed by atoms with Gasteiger partial charge in [-0.05, 0) is 29.8 Å². The van der Waals surface area contributed by atoms with E-state index < -0.39 is 0 Å². The number of thioether (sulfide) groups is 1. The molecule has 4 rings (SSSR count). The first kappa shape index (κ1) is 18.4. The van der Waals surface area contributed by atoms with Crippen LogP contribution in [0.15, 0.2) is 58.5 Å². The third-order valence-corrected chi connectivity index (χ3v) is 5.51. The van der Waals surface area contributed by atoms with Crippen LogP contribution in [0.1, 0.15) is 11.1 Å². The summed E-state index contributed by atoms with van der Waals surface area (Å²) in [4.78, 5) is 17.8. The topological polar surface area (TPSA) is 62.6 Å². The van der Waals surface area contributed by atoms with E-state index in [0.29, 0.717) is 41.1 Å². The number of rotatable bonds is 6. The summed E-state index contributed by atoms with van der Waals surface area (Å²) < 4.78 is 18.4. The van der Waals surface area contributed by atoms with Gasteiger partial charge in [0.25, 0.3) is 5.56 Å². The van der Waals surface area contributed by atoms with Crippen LogP contribution in [0.3, 0.4) is 0 Å². The Morgan fingerprint density at radius 1 is 1.04 bits per heavy atom. The summed E-state index contributed by atoms with van der Waals surface area (Å²) in [7, 11) is 3.21. The number of benzene rings is 2. The lowest BCUT2D eigenvalue weighted by Crippen LogP contribution is -2.25. The standard InChI is InChI=1S/C21H20N2O4S/c1-25-15-9-7-14(8-10-15)13-16-19(22-21-23(20(16)24)11-12-28-21)27-18-6-4-3-5-17(18)26-2/h3-10H,11-13H2,1-2H3. The van der Waals surface area contributed by atoms with Crippen molar-refractivity contribution < 1.29 is 14.2 Å². The largest absolute Gasteiger partial charge is 0.497 e. The highest BCUT2D eigenvalue weighted by molar-refractivity contribution is 7.99. The van der Waals surface area contributed by atoms with E-state index in [1.54, 1.807) is 36.6 Å². The van der Waals surface area contributed by atoms with Crippen LogP contribution in [0.4, 0.5) is 0 Å². The van der Waals surface area contributed by atoms with E-state index in [1.807, 2.05) is 42.5 Å². The van der Waals surface area contributed by atoms with Gasteiger partial charge < -0.3 is 14.2 Å². The van der Waals surface area contributed by atoms with Gasteiger partial charge in [-0.2, -0.15) is 4.98 Å². The fraction of sp³-hybridized carbons (Fsp3) is 0.238. The van der Waals surface area contributed by atoms with Gasteiger partial charge >= 0.3 is 0 Å². The normalized spacial score (nSPS) is 12.5. The summed E-state index contributed by atoms with van der Waals surface area (Å²) >= 11 is 1.56. The van der Waals surface area contributed by atoms with Crippen molar-refractivity contribution in [2.24, 2.45) is 0 Å². The van der Waals surface area contributed by atoms with Crippen molar-refractivity contribution in [1.29, 1.82) is 0 Å². The zero-order chi connectivity index (χ0) is 19.5. The van der Waals surface area contributed by atoms with Gasteiger partial charge in [-0.1, -0.05) is 36.0 Å². The summed E-state index contributed by atoms with van der Waals surface area (Å²) in [6, 6.07) is 15.0. The molecule has 144 valence electrons. The van der Waals surface area contributed by atoms with Crippen LogP contribution in [-0.2, 0) is 13.0 Å². The van der Waals surface area contributed by atoms with Crippen molar-refractivity contribution in [3.63, 3.8) is 0 Å². The number of methoxy groups -OCH3 is 2. The first-order chi connectivity index (χ1) is 13.7. The number of nitrogens with zero attached hydrogens (tertiary/aromatic N) is 2. The molecule has 28 heavy (non-hydrogen) atoms. The van der Waals surface area contributed by atoms with Gasteiger partial charge in [0.1, 0.15) is 5.75 Å². The predicted octanol–water partition coefficient (Wildman–Crippen LogP) is 3.75. The molecule has 0 bridgehead atoms. The van der Waals surface area contributed by atoms with Gasteiger partial charge in [0.15, 0.2) is 16.7 Å². The van der Waals surface area contributed by atoms with E-state index >= 15 is 0 Å². The van der Waals surface area contributed by atoms with E-state index in [-0.39, 0.29) is 5.56 Å². The van der Waals surface area contributed by atoms with Crippen LogP contribution in [0.5, 0.6) is 23.1 Å². The lowest BCUT2D eigenvalue weighted by molar-refractivity contribution is 0.369. The second-order valence-corrected chi connectivity index (χ2v) is 7.32. The van der Waals surface area contributed by atoms with Crippen LogP contribution in [0.2, 0.25) is 0 Å². The molecule has 1 aliphatic heterocycles. The van der Waals surface area contributed by atoms with Crippen molar-refractivity contribution in [2.45, 2.75) is 18.1 Å². The Kier molecular flexibility index (Phi) is 5.25. The molecule has 0 N–H and O–H groups in total. The first-order valence-electron chi connectivity index (χ1n) is 8.90. The predicted molar refractivity (Wildman–Crippen MR) is 108 cm³/mol. The highest BCUT2D eigenvalue weighted by Crippen LogP contribution is 2.33. The highest BCUT2D eigenvalue weighted by Gasteiger charge is 2.23. The van der Waals surface area contributed by atoms with Gasteiger partial charge in [-0.15, -0.1) is 0 Å². The monoisotopic (exact) mass is 396 g/mol. The molecular formula is C21H20N2O4S. The molecule has 0 fully saturated rings. The number of aromatic nitrogens is 2. The average molecular weight is 396 g/mol. The minimum Gasteiger partial charge on any atom is -0.497 e. The number of ether oxygens (including phenoxy) is 3. The van der Waals surface area contributed by atoms with Gasteiger partial charge in [0, 0.05) is 18.7 Å². The molecule has 0 amide bonds. The van der Waals surface area contributed by atoms with E-state index in [1.165, 1.54) is 0 Å². The summed E-state index contributed by atoms with van der Waals surface area (Å²) in [6.07, 6.45) is 0.422. The minimum absolute atomic E-state index is 0.0595. The number of hydrogen-bond acceptors (Lipinski definition) is 6. The molecule has 3 aromatic rings. The van der Waals surface area contributed by atoms with Gasteiger partial charge in [-0.25, -0.2) is 0 Å². The third-order valence-electron chi connectivity index (χ3n) is 4.55. The fourth-order valence-electron chi connectivity index (χ4n) is 3.08. The summed E-state index contributed by atoms with van der Waals surface area (Å²) in [6.45, 7) is 0.663. The Hall–Kier alpha value is -2.93. The molecule has 0 aliphatic carbocycles. The van der Waals surface area contributed by atoms with Gasteiger partial charge in [0.05, 0.1) is 19.8 Å². The maximum absolute atomic E-state index is 13.1. The van der Waals surface area contributed by atoms with Crippen LogP contribution < -0.4 is 19.8 Å². The van der Waals surface area contributed by atoms with Crippen molar-refractivity contribution in [3.8, 4) is 23.1 Å². The molecule has 0 saturated heterocycles. The van der Waals surface area contributed by atoms with E-state index in [0.717, 1.165) is 17.1 Å². The van der Waals surface area contributed by atoms with Crippen LogP contribution in [-0.4, -0.2) is 29.5 Å². The van der Waals surface area contributed by atoms with Crippen molar-refractivity contribution in [2.75, 3.05) is 20.0 Å². The van der Waals surface area contributed by atoms with E-state index in [9.17, 15) is 4.79 Å². The molecule has 2 heterocycles. The number of hydrogen-bond donors (Lipinski definition) is 0. The second-order valence-electron chi connectivity index (χ2n) is 6.26. The Morgan fingerprint density at radius 2 is 1.79 bits per heavy atom. The third kappa shape index (κ3) is 3.57. The minimum atomic E-state index is -0.0595. The van der Waals surface area contributed by atoms with Crippen molar-refractivity contribution >= 4 is 11.8 Å². The Morgan fingerprint density at radius 3 is 2.50 bits per heavy atom. The lowest BCUT2D eigenvalue weighted by atomic mass is 10.1. The smallest absolute Gasteiger partial charge is 0.261 e. The van der Waals surface area contributed by atoms with E-state index in [4.69, 9.17) is 14.2 Å². The maximum Gasteiger partial charge on any atom is 0.261 e. The Labute approximate surface area is 167 Å². The molecule has 1 aliphatic rings.